The fourth-order valence-corrected chi connectivity index (χ4v) is 4.12. The van der Waals surface area contributed by atoms with E-state index >= 15 is 0 Å². The van der Waals surface area contributed by atoms with Crippen LogP contribution in [0, 0.1) is 0 Å². The van der Waals surface area contributed by atoms with Gasteiger partial charge in [-0.25, -0.2) is 15.0 Å². The van der Waals surface area contributed by atoms with Gasteiger partial charge in [0.25, 0.3) is 0 Å². The molecule has 0 amide bonds. The minimum atomic E-state index is -0.186. The van der Waals surface area contributed by atoms with Crippen molar-refractivity contribution in [3.05, 3.63) is 71.5 Å². The number of carbonyl (C=O) groups is 1. The third kappa shape index (κ3) is 4.23. The molecular formula is C25H23N7O3. The van der Waals surface area contributed by atoms with Crippen molar-refractivity contribution in [1.29, 1.82) is 0 Å². The molecule has 0 unspecified atom stereocenters. The van der Waals surface area contributed by atoms with E-state index in [2.05, 4.69) is 38.6 Å². The maximum atomic E-state index is 12.9. The van der Waals surface area contributed by atoms with E-state index < -0.39 is 0 Å². The molecule has 0 radical (unpaired) electrons. The van der Waals surface area contributed by atoms with Crippen LogP contribution in [0.5, 0.6) is 0 Å². The molecule has 0 spiro atoms. The number of pyridine rings is 1. The first-order valence-corrected chi connectivity index (χ1v) is 11.5. The highest BCUT2D eigenvalue weighted by atomic mass is 16.5. The van der Waals surface area contributed by atoms with E-state index in [-0.39, 0.29) is 23.5 Å². The highest BCUT2D eigenvalue weighted by Gasteiger charge is 2.41. The second kappa shape index (κ2) is 8.23. The minimum Gasteiger partial charge on any atom is -0.363 e. The molecule has 1 saturated carbocycles. The number of rotatable bonds is 8. The van der Waals surface area contributed by atoms with Gasteiger partial charge in [0.1, 0.15) is 35.6 Å². The molecule has 0 saturated heterocycles. The van der Waals surface area contributed by atoms with Crippen LogP contribution in [0.2, 0.25) is 0 Å². The Balaban J connectivity index is 1.12. The van der Waals surface area contributed by atoms with E-state index in [1.807, 2.05) is 19.1 Å². The molecule has 1 atom stereocenters. The fourth-order valence-electron chi connectivity index (χ4n) is 4.12. The average Bonchev–Trinajstić information content (AvgIpc) is 3.30. The van der Waals surface area contributed by atoms with E-state index in [0.29, 0.717) is 35.2 Å². The zero-order chi connectivity index (χ0) is 24.0. The number of aromatic nitrogens is 5. The number of ketones is 1. The molecule has 0 aromatic carbocycles. The molecule has 1 N–H and O–H groups in total. The number of hydrogen-bond donors (Lipinski definition) is 1. The number of nitrogens with one attached hydrogen (secondary N) is 1. The molecule has 1 fully saturated rings. The minimum absolute atomic E-state index is 0.128. The standard InChI is InChI=1S/C25H23N7O3/c1-14(9-20(33)19-12-24(27-13-26-19)30-23-5-8-34-32-23)21-11-18(31-35-21)17-10-16-15(28-17)3-4-22(29-16)25(2)6-7-25/h3-5,8,11-14H,6-7,9-10H2,1-2H3,(H,26,27,30,32)/t14-/m0/s1. The number of carbonyl (C=O) groups excluding carboxylic acids is 1. The predicted molar refractivity (Wildman–Crippen MR) is 126 cm³/mol. The molecule has 1 aliphatic heterocycles. The third-order valence-corrected chi connectivity index (χ3v) is 6.61. The third-order valence-electron chi connectivity index (χ3n) is 6.61. The van der Waals surface area contributed by atoms with E-state index in [4.69, 9.17) is 19.0 Å². The summed E-state index contributed by atoms with van der Waals surface area (Å²) in [5.74, 6) is 1.26. The Morgan fingerprint density at radius 3 is 2.83 bits per heavy atom. The van der Waals surface area contributed by atoms with Gasteiger partial charge >= 0.3 is 0 Å². The molecule has 10 heteroatoms. The van der Waals surface area contributed by atoms with Crippen molar-refractivity contribution < 1.29 is 13.8 Å². The van der Waals surface area contributed by atoms with E-state index in [1.165, 1.54) is 25.4 Å². The predicted octanol–water partition coefficient (Wildman–Crippen LogP) is 4.70. The zero-order valence-corrected chi connectivity index (χ0v) is 19.4. The maximum absolute atomic E-state index is 12.9. The number of hydrogen-bond acceptors (Lipinski definition) is 10. The SMILES string of the molecule is C[C@@H](CC(=O)c1cc(Nc2ccon2)ncn1)c1cc(C2=Nc3ccc(C4(C)CC4)nc3C2)no1. The Morgan fingerprint density at radius 1 is 1.14 bits per heavy atom. The van der Waals surface area contributed by atoms with Gasteiger partial charge in [0, 0.05) is 48.1 Å². The molecule has 4 aromatic rings. The van der Waals surface area contributed by atoms with Gasteiger partial charge in [-0.15, -0.1) is 0 Å². The fraction of sp³-hybridized carbons (Fsp3) is 0.320. The van der Waals surface area contributed by atoms with Crippen LogP contribution >= 0.6 is 0 Å². The van der Waals surface area contributed by atoms with Gasteiger partial charge in [-0.2, -0.15) is 0 Å². The van der Waals surface area contributed by atoms with Crippen molar-refractivity contribution in [3.8, 4) is 0 Å². The Morgan fingerprint density at radius 2 is 2.03 bits per heavy atom. The number of aliphatic imine (C=N–C) groups is 1. The number of fused-ring (bicyclic) bond motifs is 1. The second-order valence-corrected chi connectivity index (χ2v) is 9.40. The monoisotopic (exact) mass is 469 g/mol. The van der Waals surface area contributed by atoms with Crippen LogP contribution in [0.25, 0.3) is 0 Å². The molecular weight excluding hydrogens is 446 g/mol. The summed E-state index contributed by atoms with van der Waals surface area (Å²) in [4.78, 5) is 30.7. The lowest BCUT2D eigenvalue weighted by Crippen LogP contribution is -2.08. The van der Waals surface area contributed by atoms with Gasteiger partial charge in [-0.05, 0) is 25.0 Å². The van der Waals surface area contributed by atoms with Crippen LogP contribution < -0.4 is 5.32 Å². The molecule has 4 aromatic heterocycles. The summed E-state index contributed by atoms with van der Waals surface area (Å²) in [7, 11) is 0. The second-order valence-electron chi connectivity index (χ2n) is 9.40. The maximum Gasteiger partial charge on any atom is 0.182 e. The summed E-state index contributed by atoms with van der Waals surface area (Å²) in [6.07, 6.45) is 5.99. The molecule has 10 nitrogen and oxygen atoms in total. The summed E-state index contributed by atoms with van der Waals surface area (Å²) >= 11 is 0. The molecule has 6 rings (SSSR count). The number of nitrogens with zero attached hydrogens (tertiary/aromatic N) is 6. The van der Waals surface area contributed by atoms with Crippen LogP contribution in [0.4, 0.5) is 17.3 Å². The largest absolute Gasteiger partial charge is 0.363 e. The number of anilines is 2. The molecule has 1 aliphatic carbocycles. The summed E-state index contributed by atoms with van der Waals surface area (Å²) in [6.45, 7) is 4.17. The highest BCUT2D eigenvalue weighted by Crippen LogP contribution is 2.47. The Kier molecular flexibility index (Phi) is 5.01. The first-order chi connectivity index (χ1) is 17.0. The van der Waals surface area contributed by atoms with Gasteiger partial charge in [0.2, 0.25) is 0 Å². The van der Waals surface area contributed by atoms with E-state index in [9.17, 15) is 4.79 Å². The van der Waals surface area contributed by atoms with Gasteiger partial charge in [0.05, 0.1) is 17.1 Å². The van der Waals surface area contributed by atoms with Crippen molar-refractivity contribution in [3.63, 3.8) is 0 Å². The van der Waals surface area contributed by atoms with E-state index in [0.717, 1.165) is 22.8 Å². The van der Waals surface area contributed by atoms with Gasteiger partial charge in [-0.3, -0.25) is 9.78 Å². The van der Waals surface area contributed by atoms with Crippen molar-refractivity contribution in [2.75, 3.05) is 5.32 Å². The molecule has 5 heterocycles. The lowest BCUT2D eigenvalue weighted by Gasteiger charge is -2.08. The van der Waals surface area contributed by atoms with Crippen LogP contribution in [0.3, 0.4) is 0 Å². The van der Waals surface area contributed by atoms with Crippen molar-refractivity contribution in [1.82, 2.24) is 25.3 Å². The smallest absolute Gasteiger partial charge is 0.182 e. The van der Waals surface area contributed by atoms with E-state index in [1.54, 1.807) is 12.1 Å². The average molecular weight is 470 g/mol. The van der Waals surface area contributed by atoms with Crippen LogP contribution in [0.15, 0.2) is 57.0 Å². The quantitative estimate of drug-likeness (QED) is 0.365. The Labute approximate surface area is 200 Å². The van der Waals surface area contributed by atoms with Crippen LogP contribution in [-0.2, 0) is 11.8 Å². The van der Waals surface area contributed by atoms with Crippen molar-refractivity contribution in [2.45, 2.75) is 50.9 Å². The first-order valence-electron chi connectivity index (χ1n) is 11.5. The van der Waals surface area contributed by atoms with Crippen LogP contribution in [-0.4, -0.2) is 36.8 Å². The summed E-state index contributed by atoms with van der Waals surface area (Å²) < 4.78 is 10.4. The molecule has 176 valence electrons. The number of Topliss-reactive ketones (excluding diaryl/α,β-unsaturated/α-hetero) is 1. The summed E-state index contributed by atoms with van der Waals surface area (Å²) in [5, 5.41) is 11.0. The Hall–Kier alpha value is -4.21. The first kappa shape index (κ1) is 21.3. The van der Waals surface area contributed by atoms with Gasteiger partial charge < -0.3 is 14.4 Å². The molecule has 0 bridgehead atoms. The normalized spacial score (nSPS) is 16.5. The van der Waals surface area contributed by atoms with Crippen molar-refractivity contribution in [2.24, 2.45) is 4.99 Å². The Bertz CT molecular complexity index is 1440. The highest BCUT2D eigenvalue weighted by molar-refractivity contribution is 6.04. The zero-order valence-electron chi connectivity index (χ0n) is 19.4. The summed E-state index contributed by atoms with van der Waals surface area (Å²) in [6, 6.07) is 9.24. The van der Waals surface area contributed by atoms with Crippen LogP contribution in [0.1, 0.15) is 72.4 Å². The van der Waals surface area contributed by atoms with Gasteiger partial charge in [-0.1, -0.05) is 24.2 Å². The topological polar surface area (TPSA) is 132 Å². The lowest BCUT2D eigenvalue weighted by molar-refractivity contribution is 0.0966. The summed E-state index contributed by atoms with van der Waals surface area (Å²) in [5.41, 5.74) is 5.05. The molecule has 35 heavy (non-hydrogen) atoms. The van der Waals surface area contributed by atoms with Crippen molar-refractivity contribution >= 4 is 28.8 Å². The van der Waals surface area contributed by atoms with Gasteiger partial charge in [0.15, 0.2) is 11.6 Å². The lowest BCUT2D eigenvalue weighted by atomic mass is 9.99. The molecule has 2 aliphatic rings.